The quantitative estimate of drug-likeness (QED) is 0.522. The van der Waals surface area contributed by atoms with Crippen LogP contribution in [0.4, 0.5) is 0 Å². The largest absolute Gasteiger partial charge is 0.497 e. The van der Waals surface area contributed by atoms with Crippen molar-refractivity contribution in [1.29, 1.82) is 0 Å². The van der Waals surface area contributed by atoms with E-state index in [0.29, 0.717) is 11.3 Å². The van der Waals surface area contributed by atoms with Crippen molar-refractivity contribution in [3.05, 3.63) is 59.2 Å². The first-order valence-corrected chi connectivity index (χ1v) is 8.24. The van der Waals surface area contributed by atoms with Crippen LogP contribution in [-0.4, -0.2) is 27.1 Å². The highest BCUT2D eigenvalue weighted by Gasteiger charge is 2.11. The maximum atomic E-state index is 12.4. The van der Waals surface area contributed by atoms with Crippen molar-refractivity contribution in [3.63, 3.8) is 0 Å². The number of ketones is 1. The Morgan fingerprint density at radius 2 is 1.64 bits per heavy atom. The number of carbonyl (C=O) groups is 1. The monoisotopic (exact) mass is 340 g/mol. The zero-order valence-corrected chi connectivity index (χ0v) is 15.2. The van der Waals surface area contributed by atoms with Crippen LogP contribution in [0, 0.1) is 0 Å². The molecule has 25 heavy (non-hydrogen) atoms. The molecule has 2 aromatic rings. The highest BCUT2D eigenvalue weighted by Crippen LogP contribution is 2.31. The van der Waals surface area contributed by atoms with Crippen molar-refractivity contribution in [2.24, 2.45) is 0 Å². The van der Waals surface area contributed by atoms with E-state index in [2.05, 4.69) is 6.92 Å². The topological polar surface area (TPSA) is 44.8 Å². The molecule has 0 saturated heterocycles. The Hall–Kier alpha value is -2.75. The van der Waals surface area contributed by atoms with Crippen LogP contribution in [-0.2, 0) is 6.42 Å². The van der Waals surface area contributed by atoms with Crippen LogP contribution >= 0.6 is 0 Å². The van der Waals surface area contributed by atoms with E-state index in [0.717, 1.165) is 35.5 Å². The molecule has 0 aliphatic heterocycles. The second-order valence-corrected chi connectivity index (χ2v) is 5.57. The van der Waals surface area contributed by atoms with Crippen LogP contribution in [0.2, 0.25) is 0 Å². The van der Waals surface area contributed by atoms with Crippen LogP contribution in [0.5, 0.6) is 17.2 Å². The first kappa shape index (κ1) is 18.6. The van der Waals surface area contributed by atoms with Gasteiger partial charge in [-0.25, -0.2) is 0 Å². The fraction of sp³-hybridized carbons (Fsp3) is 0.286. The van der Waals surface area contributed by atoms with Gasteiger partial charge in [-0.05, 0) is 48.4 Å². The predicted molar refractivity (Wildman–Crippen MR) is 99.9 cm³/mol. The summed E-state index contributed by atoms with van der Waals surface area (Å²) in [5, 5.41) is 0. The Bertz CT molecular complexity index is 745. The van der Waals surface area contributed by atoms with E-state index >= 15 is 0 Å². The minimum absolute atomic E-state index is 0.0631. The molecule has 4 heteroatoms. The molecule has 0 spiro atoms. The highest BCUT2D eigenvalue weighted by atomic mass is 16.5. The van der Waals surface area contributed by atoms with Gasteiger partial charge in [-0.3, -0.25) is 4.79 Å². The number of ether oxygens (including phenoxy) is 3. The summed E-state index contributed by atoms with van der Waals surface area (Å²) in [7, 11) is 4.86. The lowest BCUT2D eigenvalue weighted by atomic mass is 10.00. The molecule has 132 valence electrons. The van der Waals surface area contributed by atoms with Crippen LogP contribution in [0.3, 0.4) is 0 Å². The lowest BCUT2D eigenvalue weighted by molar-refractivity contribution is 0.104. The zero-order valence-electron chi connectivity index (χ0n) is 15.2. The molecule has 0 aromatic heterocycles. The molecule has 0 fully saturated rings. The molecule has 2 rings (SSSR count). The number of allylic oxidation sites excluding steroid dienone is 1. The summed E-state index contributed by atoms with van der Waals surface area (Å²) in [4.78, 5) is 12.4. The van der Waals surface area contributed by atoms with Gasteiger partial charge in [-0.1, -0.05) is 19.4 Å². The molecule has 0 aliphatic rings. The second kappa shape index (κ2) is 8.92. The van der Waals surface area contributed by atoms with Crippen molar-refractivity contribution in [2.45, 2.75) is 19.8 Å². The summed E-state index contributed by atoms with van der Waals surface area (Å²) in [6, 6.07) is 10.9. The van der Waals surface area contributed by atoms with Gasteiger partial charge in [0.2, 0.25) is 0 Å². The Kier molecular flexibility index (Phi) is 6.63. The lowest BCUT2D eigenvalue weighted by Gasteiger charge is -2.13. The summed E-state index contributed by atoms with van der Waals surface area (Å²) >= 11 is 0. The summed E-state index contributed by atoms with van der Waals surface area (Å²) in [5.41, 5.74) is 2.62. The molecule has 0 bridgehead atoms. The van der Waals surface area contributed by atoms with Gasteiger partial charge in [-0.2, -0.15) is 0 Å². The summed E-state index contributed by atoms with van der Waals surface area (Å²) in [6.45, 7) is 2.11. The average molecular weight is 340 g/mol. The van der Waals surface area contributed by atoms with Gasteiger partial charge >= 0.3 is 0 Å². The zero-order chi connectivity index (χ0) is 18.2. The molecule has 0 N–H and O–H groups in total. The minimum Gasteiger partial charge on any atom is -0.497 e. The molecule has 0 unspecified atom stereocenters. The van der Waals surface area contributed by atoms with Crippen molar-refractivity contribution in [1.82, 2.24) is 0 Å². The standard InChI is InChI=1S/C21H24O4/c1-5-6-19-16(13-18(24-3)14-21(19)25-4)9-12-20(22)15-7-10-17(23-2)11-8-15/h7-14H,5-6H2,1-4H3/b12-9+. The summed E-state index contributed by atoms with van der Waals surface area (Å²) in [5.74, 6) is 2.14. The lowest BCUT2D eigenvalue weighted by Crippen LogP contribution is -1.98. The van der Waals surface area contributed by atoms with Gasteiger partial charge in [0, 0.05) is 17.2 Å². The van der Waals surface area contributed by atoms with E-state index in [1.807, 2.05) is 18.2 Å². The predicted octanol–water partition coefficient (Wildman–Crippen LogP) is 4.56. The van der Waals surface area contributed by atoms with Gasteiger partial charge in [-0.15, -0.1) is 0 Å². The molecular weight excluding hydrogens is 316 g/mol. The van der Waals surface area contributed by atoms with E-state index in [1.54, 1.807) is 51.7 Å². The third kappa shape index (κ3) is 4.63. The fourth-order valence-corrected chi connectivity index (χ4v) is 2.62. The Morgan fingerprint density at radius 3 is 2.20 bits per heavy atom. The molecule has 0 aliphatic carbocycles. The van der Waals surface area contributed by atoms with E-state index in [-0.39, 0.29) is 5.78 Å². The average Bonchev–Trinajstić information content (AvgIpc) is 2.66. The van der Waals surface area contributed by atoms with Gasteiger partial charge in [0.15, 0.2) is 5.78 Å². The third-order valence-electron chi connectivity index (χ3n) is 3.96. The third-order valence-corrected chi connectivity index (χ3v) is 3.96. The molecule has 4 nitrogen and oxygen atoms in total. The highest BCUT2D eigenvalue weighted by molar-refractivity contribution is 6.07. The second-order valence-electron chi connectivity index (χ2n) is 5.57. The van der Waals surface area contributed by atoms with Crippen molar-refractivity contribution < 1.29 is 19.0 Å². The number of hydrogen-bond acceptors (Lipinski definition) is 4. The molecule has 0 heterocycles. The minimum atomic E-state index is -0.0631. The molecule has 0 radical (unpaired) electrons. The molecule has 0 amide bonds. The van der Waals surface area contributed by atoms with Crippen molar-refractivity contribution >= 4 is 11.9 Å². The van der Waals surface area contributed by atoms with Gasteiger partial charge in [0.25, 0.3) is 0 Å². The summed E-state index contributed by atoms with van der Waals surface area (Å²) in [6.07, 6.45) is 5.25. The fourth-order valence-electron chi connectivity index (χ4n) is 2.62. The van der Waals surface area contributed by atoms with E-state index in [9.17, 15) is 4.79 Å². The molecule has 2 aromatic carbocycles. The van der Waals surface area contributed by atoms with Crippen molar-refractivity contribution in [2.75, 3.05) is 21.3 Å². The van der Waals surface area contributed by atoms with Gasteiger partial charge < -0.3 is 14.2 Å². The Balaban J connectivity index is 2.32. The van der Waals surface area contributed by atoms with Crippen LogP contribution < -0.4 is 14.2 Å². The number of carbonyl (C=O) groups excluding carboxylic acids is 1. The van der Waals surface area contributed by atoms with E-state index in [4.69, 9.17) is 14.2 Å². The number of benzene rings is 2. The molecular formula is C21H24O4. The molecule has 0 saturated carbocycles. The van der Waals surface area contributed by atoms with E-state index < -0.39 is 0 Å². The number of rotatable bonds is 8. The number of hydrogen-bond donors (Lipinski definition) is 0. The first-order chi connectivity index (χ1) is 12.1. The van der Waals surface area contributed by atoms with Crippen molar-refractivity contribution in [3.8, 4) is 17.2 Å². The SMILES string of the molecule is CCCc1c(/C=C/C(=O)c2ccc(OC)cc2)cc(OC)cc1OC. The molecule has 0 atom stereocenters. The smallest absolute Gasteiger partial charge is 0.185 e. The van der Waals surface area contributed by atoms with E-state index in [1.165, 1.54) is 0 Å². The number of methoxy groups -OCH3 is 3. The summed E-state index contributed by atoms with van der Waals surface area (Å²) < 4.78 is 15.9. The normalized spacial score (nSPS) is 10.7. The Morgan fingerprint density at radius 1 is 0.960 bits per heavy atom. The van der Waals surface area contributed by atoms with Gasteiger partial charge in [0.05, 0.1) is 21.3 Å². The first-order valence-electron chi connectivity index (χ1n) is 8.24. The van der Waals surface area contributed by atoms with Crippen LogP contribution in [0.25, 0.3) is 6.08 Å². The maximum absolute atomic E-state index is 12.4. The van der Waals surface area contributed by atoms with Crippen LogP contribution in [0.15, 0.2) is 42.5 Å². The van der Waals surface area contributed by atoms with Crippen LogP contribution in [0.1, 0.15) is 34.8 Å². The maximum Gasteiger partial charge on any atom is 0.185 e. The Labute approximate surface area is 149 Å². The van der Waals surface area contributed by atoms with Gasteiger partial charge in [0.1, 0.15) is 17.2 Å².